The highest BCUT2D eigenvalue weighted by Crippen LogP contribution is 2.25. The van der Waals surface area contributed by atoms with Gasteiger partial charge in [-0.05, 0) is 23.8 Å². The second kappa shape index (κ2) is 6.56. The maximum Gasteiger partial charge on any atom is 0.269 e. The molecule has 0 aromatic heterocycles. The Balaban J connectivity index is 2.02. The molecule has 0 saturated carbocycles. The maximum atomic E-state index is 11.9. The summed E-state index contributed by atoms with van der Waals surface area (Å²) in [6.45, 7) is 0. The third-order valence-electron chi connectivity index (χ3n) is 2.72. The number of nitro benzene ring substituents is 1. The molecule has 2 rings (SSSR count). The zero-order valence-corrected chi connectivity index (χ0v) is 12.2. The fourth-order valence-corrected chi connectivity index (χ4v) is 2.16. The molecule has 0 heterocycles. The van der Waals surface area contributed by atoms with E-state index in [1.54, 1.807) is 24.3 Å². The lowest BCUT2D eigenvalue weighted by molar-refractivity contribution is -0.384. The number of hydrogen-bond acceptors (Lipinski definition) is 3. The number of benzene rings is 2. The van der Waals surface area contributed by atoms with Crippen LogP contribution in [0.1, 0.15) is 5.56 Å². The summed E-state index contributed by atoms with van der Waals surface area (Å²) >= 11 is 11.7. The quantitative estimate of drug-likeness (QED) is 0.680. The average Bonchev–Trinajstić information content (AvgIpc) is 2.42. The van der Waals surface area contributed by atoms with E-state index in [1.165, 1.54) is 18.2 Å². The molecule has 1 N–H and O–H groups in total. The molecule has 108 valence electrons. The van der Waals surface area contributed by atoms with E-state index in [2.05, 4.69) is 5.32 Å². The molecule has 0 fully saturated rings. The fourth-order valence-electron chi connectivity index (χ4n) is 1.71. The van der Waals surface area contributed by atoms with Crippen molar-refractivity contribution in [2.24, 2.45) is 0 Å². The molecule has 0 aliphatic carbocycles. The van der Waals surface area contributed by atoms with E-state index in [9.17, 15) is 14.9 Å². The monoisotopic (exact) mass is 324 g/mol. The zero-order valence-electron chi connectivity index (χ0n) is 10.7. The summed E-state index contributed by atoms with van der Waals surface area (Å²) in [4.78, 5) is 22.0. The summed E-state index contributed by atoms with van der Waals surface area (Å²) in [5.74, 6) is -0.270. The van der Waals surface area contributed by atoms with Crippen LogP contribution in [0.5, 0.6) is 0 Å². The molecule has 0 bridgehead atoms. The molecule has 0 spiro atoms. The van der Waals surface area contributed by atoms with Crippen molar-refractivity contribution in [3.63, 3.8) is 0 Å². The Kier molecular flexibility index (Phi) is 4.77. The molecule has 0 saturated heterocycles. The first-order valence-corrected chi connectivity index (χ1v) is 6.69. The van der Waals surface area contributed by atoms with E-state index in [1.807, 2.05) is 0 Å². The number of carbonyl (C=O) groups excluding carboxylic acids is 1. The van der Waals surface area contributed by atoms with E-state index in [4.69, 9.17) is 23.2 Å². The summed E-state index contributed by atoms with van der Waals surface area (Å²) in [6.07, 6.45) is 0.0942. The Morgan fingerprint density at radius 1 is 1.14 bits per heavy atom. The van der Waals surface area contributed by atoms with Crippen molar-refractivity contribution in [2.75, 3.05) is 5.32 Å². The van der Waals surface area contributed by atoms with Gasteiger partial charge in [-0.25, -0.2) is 0 Å². The Labute approximate surface area is 130 Å². The van der Waals surface area contributed by atoms with Crippen molar-refractivity contribution in [3.8, 4) is 0 Å². The molecule has 2 aromatic rings. The lowest BCUT2D eigenvalue weighted by Crippen LogP contribution is -2.14. The molecule has 7 heteroatoms. The third-order valence-corrected chi connectivity index (χ3v) is 3.26. The largest absolute Gasteiger partial charge is 0.324 e. The van der Waals surface area contributed by atoms with Crippen molar-refractivity contribution in [3.05, 3.63) is 68.2 Å². The van der Waals surface area contributed by atoms with Gasteiger partial charge in [-0.2, -0.15) is 0 Å². The summed E-state index contributed by atoms with van der Waals surface area (Å²) in [6, 6.07) is 10.6. The number of rotatable bonds is 4. The van der Waals surface area contributed by atoms with Crippen LogP contribution >= 0.6 is 23.2 Å². The second-order valence-electron chi connectivity index (χ2n) is 4.27. The minimum absolute atomic E-state index is 0.0140. The first kappa shape index (κ1) is 15.3. The van der Waals surface area contributed by atoms with Crippen LogP contribution in [0.2, 0.25) is 10.0 Å². The van der Waals surface area contributed by atoms with Crippen molar-refractivity contribution < 1.29 is 9.72 Å². The van der Waals surface area contributed by atoms with Crippen LogP contribution in [0.4, 0.5) is 11.4 Å². The van der Waals surface area contributed by atoms with Crippen molar-refractivity contribution >= 4 is 40.5 Å². The first-order valence-electron chi connectivity index (χ1n) is 5.94. The lowest BCUT2D eigenvalue weighted by atomic mass is 10.1. The van der Waals surface area contributed by atoms with Crippen molar-refractivity contribution in [2.45, 2.75) is 6.42 Å². The molecule has 21 heavy (non-hydrogen) atoms. The Morgan fingerprint density at radius 3 is 2.38 bits per heavy atom. The molecule has 0 unspecified atom stereocenters. The van der Waals surface area contributed by atoms with Gasteiger partial charge < -0.3 is 5.32 Å². The Hall–Kier alpha value is -2.11. The van der Waals surface area contributed by atoms with Gasteiger partial charge in [-0.15, -0.1) is 0 Å². The smallest absolute Gasteiger partial charge is 0.269 e. The molecule has 1 amide bonds. The SMILES string of the molecule is O=C(Cc1ccc([N+](=O)[O-])cc1)Nc1ccc(Cl)cc1Cl. The molecular formula is C14H10Cl2N2O3. The molecule has 0 aliphatic rings. The minimum atomic E-state index is -0.489. The van der Waals surface area contributed by atoms with Gasteiger partial charge in [0.25, 0.3) is 5.69 Å². The standard InChI is InChI=1S/C14H10Cl2N2O3/c15-10-3-6-13(12(16)8-10)17-14(19)7-9-1-4-11(5-2-9)18(20)21/h1-6,8H,7H2,(H,17,19). The highest BCUT2D eigenvalue weighted by atomic mass is 35.5. The van der Waals surface area contributed by atoms with E-state index >= 15 is 0 Å². The molecular weight excluding hydrogens is 315 g/mol. The molecule has 0 aliphatic heterocycles. The Morgan fingerprint density at radius 2 is 1.81 bits per heavy atom. The summed E-state index contributed by atoms with van der Waals surface area (Å²) in [5, 5.41) is 14.0. The molecule has 0 radical (unpaired) electrons. The van der Waals surface area contributed by atoms with Crippen molar-refractivity contribution in [1.82, 2.24) is 0 Å². The molecule has 5 nitrogen and oxygen atoms in total. The van der Waals surface area contributed by atoms with Crippen LogP contribution in [-0.2, 0) is 11.2 Å². The lowest BCUT2D eigenvalue weighted by Gasteiger charge is -2.07. The molecule has 2 aromatic carbocycles. The highest BCUT2D eigenvalue weighted by Gasteiger charge is 2.09. The van der Waals surface area contributed by atoms with Gasteiger partial charge in [0.15, 0.2) is 0 Å². The predicted molar refractivity (Wildman–Crippen MR) is 81.9 cm³/mol. The van der Waals surface area contributed by atoms with Crippen LogP contribution in [-0.4, -0.2) is 10.8 Å². The fraction of sp³-hybridized carbons (Fsp3) is 0.0714. The number of anilines is 1. The van der Waals surface area contributed by atoms with Crippen LogP contribution < -0.4 is 5.32 Å². The van der Waals surface area contributed by atoms with Crippen LogP contribution in [0, 0.1) is 10.1 Å². The van der Waals surface area contributed by atoms with E-state index in [0.29, 0.717) is 21.3 Å². The zero-order chi connectivity index (χ0) is 15.4. The minimum Gasteiger partial charge on any atom is -0.324 e. The van der Waals surface area contributed by atoms with Crippen LogP contribution in [0.25, 0.3) is 0 Å². The van der Waals surface area contributed by atoms with Gasteiger partial charge in [-0.1, -0.05) is 35.3 Å². The average molecular weight is 325 g/mol. The van der Waals surface area contributed by atoms with E-state index in [-0.39, 0.29) is 18.0 Å². The maximum absolute atomic E-state index is 11.9. The van der Waals surface area contributed by atoms with Gasteiger partial charge in [0.1, 0.15) is 0 Å². The van der Waals surface area contributed by atoms with Gasteiger partial charge >= 0.3 is 0 Å². The third kappa shape index (κ3) is 4.18. The summed E-state index contributed by atoms with van der Waals surface area (Å²) < 4.78 is 0. The number of amides is 1. The van der Waals surface area contributed by atoms with E-state index in [0.717, 1.165) is 0 Å². The van der Waals surface area contributed by atoms with Crippen LogP contribution in [0.15, 0.2) is 42.5 Å². The van der Waals surface area contributed by atoms with Gasteiger partial charge in [0, 0.05) is 17.2 Å². The number of carbonyl (C=O) groups is 1. The van der Waals surface area contributed by atoms with Crippen molar-refractivity contribution in [1.29, 1.82) is 0 Å². The first-order chi connectivity index (χ1) is 9.95. The van der Waals surface area contributed by atoms with Gasteiger partial charge in [-0.3, -0.25) is 14.9 Å². The molecule has 0 atom stereocenters. The van der Waals surface area contributed by atoms with Crippen LogP contribution in [0.3, 0.4) is 0 Å². The number of nitro groups is 1. The number of non-ortho nitro benzene ring substituents is 1. The predicted octanol–water partition coefficient (Wildman–Crippen LogP) is 4.08. The number of nitrogens with zero attached hydrogens (tertiary/aromatic N) is 1. The summed E-state index contributed by atoms with van der Waals surface area (Å²) in [7, 11) is 0. The second-order valence-corrected chi connectivity index (χ2v) is 5.12. The summed E-state index contributed by atoms with van der Waals surface area (Å²) in [5.41, 5.74) is 1.12. The normalized spacial score (nSPS) is 10.2. The number of hydrogen-bond donors (Lipinski definition) is 1. The van der Waals surface area contributed by atoms with Gasteiger partial charge in [0.05, 0.1) is 22.1 Å². The number of halogens is 2. The van der Waals surface area contributed by atoms with Gasteiger partial charge in [0.2, 0.25) is 5.91 Å². The topological polar surface area (TPSA) is 72.2 Å². The number of nitrogens with one attached hydrogen (secondary N) is 1. The Bertz CT molecular complexity index is 687. The highest BCUT2D eigenvalue weighted by molar-refractivity contribution is 6.36. The van der Waals surface area contributed by atoms with E-state index < -0.39 is 4.92 Å².